The van der Waals surface area contributed by atoms with Gasteiger partial charge in [0.25, 0.3) is 0 Å². The molecule has 1 fully saturated rings. The Labute approximate surface area is 96.6 Å². The van der Waals surface area contributed by atoms with Gasteiger partial charge in [0, 0.05) is 0 Å². The molecule has 2 nitrogen and oxygen atoms in total. The molecule has 0 saturated heterocycles. The maximum atomic E-state index is 11.7. The molecule has 16 heavy (non-hydrogen) atoms. The fourth-order valence-electron chi connectivity index (χ4n) is 2.66. The summed E-state index contributed by atoms with van der Waals surface area (Å²) in [6.07, 6.45) is 4.42. The van der Waals surface area contributed by atoms with E-state index in [1.165, 1.54) is 19.1 Å². The van der Waals surface area contributed by atoms with Crippen LogP contribution < -0.4 is 0 Å². The Balaban J connectivity index is 2.20. The average molecular weight is 218 g/mol. The normalized spacial score (nSPS) is 25.1. The zero-order chi connectivity index (χ0) is 11.4. The van der Waals surface area contributed by atoms with E-state index in [-0.39, 0.29) is 11.9 Å². The largest absolute Gasteiger partial charge is 0.469 e. The van der Waals surface area contributed by atoms with E-state index < -0.39 is 0 Å². The molecule has 2 heteroatoms. The lowest BCUT2D eigenvalue weighted by Gasteiger charge is -2.29. The molecule has 0 spiro atoms. The minimum Gasteiger partial charge on any atom is -0.469 e. The second-order valence-electron chi connectivity index (χ2n) is 4.43. The third-order valence-electron chi connectivity index (χ3n) is 3.50. The number of methoxy groups -OCH3 is 1. The molecule has 2 rings (SSSR count). The SMILES string of the molecule is COC(=O)[C@@H]1CCCC[C@H]1c1ccccc1. The summed E-state index contributed by atoms with van der Waals surface area (Å²) in [6, 6.07) is 10.3. The van der Waals surface area contributed by atoms with Crippen LogP contribution in [-0.4, -0.2) is 13.1 Å². The lowest BCUT2D eigenvalue weighted by molar-refractivity contribution is -0.147. The van der Waals surface area contributed by atoms with Crippen LogP contribution >= 0.6 is 0 Å². The molecule has 86 valence electrons. The van der Waals surface area contributed by atoms with Gasteiger partial charge in [-0.3, -0.25) is 4.79 Å². The highest BCUT2D eigenvalue weighted by molar-refractivity contribution is 5.73. The Bertz CT molecular complexity index is 345. The summed E-state index contributed by atoms with van der Waals surface area (Å²) in [4.78, 5) is 11.7. The number of carbonyl (C=O) groups is 1. The highest BCUT2D eigenvalue weighted by Crippen LogP contribution is 2.38. The molecule has 1 aliphatic carbocycles. The van der Waals surface area contributed by atoms with Crippen molar-refractivity contribution in [2.75, 3.05) is 7.11 Å². The van der Waals surface area contributed by atoms with Gasteiger partial charge in [0.1, 0.15) is 0 Å². The average Bonchev–Trinajstić information content (AvgIpc) is 2.39. The van der Waals surface area contributed by atoms with Gasteiger partial charge in [-0.25, -0.2) is 0 Å². The Morgan fingerprint density at radius 1 is 1.19 bits per heavy atom. The smallest absolute Gasteiger partial charge is 0.309 e. The highest BCUT2D eigenvalue weighted by Gasteiger charge is 2.32. The van der Waals surface area contributed by atoms with Gasteiger partial charge in [-0.05, 0) is 24.3 Å². The molecule has 0 aromatic heterocycles. The molecule has 0 aliphatic heterocycles. The molecule has 0 amide bonds. The van der Waals surface area contributed by atoms with Crippen LogP contribution in [0.2, 0.25) is 0 Å². The predicted octanol–water partition coefficient (Wildman–Crippen LogP) is 3.13. The van der Waals surface area contributed by atoms with Gasteiger partial charge >= 0.3 is 5.97 Å². The van der Waals surface area contributed by atoms with Crippen LogP contribution in [0.1, 0.15) is 37.2 Å². The van der Waals surface area contributed by atoms with Gasteiger partial charge in [-0.15, -0.1) is 0 Å². The molecule has 0 bridgehead atoms. The molecule has 0 heterocycles. The number of carbonyl (C=O) groups excluding carboxylic acids is 1. The molecule has 1 aliphatic rings. The van der Waals surface area contributed by atoms with Crippen molar-refractivity contribution in [2.24, 2.45) is 5.92 Å². The summed E-state index contributed by atoms with van der Waals surface area (Å²) in [5.74, 6) is 0.358. The quantitative estimate of drug-likeness (QED) is 0.713. The fraction of sp³-hybridized carbons (Fsp3) is 0.500. The second kappa shape index (κ2) is 5.15. The molecule has 2 atom stereocenters. The highest BCUT2D eigenvalue weighted by atomic mass is 16.5. The minimum absolute atomic E-state index is 0.0476. The van der Waals surface area contributed by atoms with E-state index in [9.17, 15) is 4.79 Å². The fourth-order valence-corrected chi connectivity index (χ4v) is 2.66. The van der Waals surface area contributed by atoms with E-state index in [2.05, 4.69) is 12.1 Å². The predicted molar refractivity (Wildman–Crippen MR) is 63.2 cm³/mol. The van der Waals surface area contributed by atoms with E-state index in [0.717, 1.165) is 19.3 Å². The molecule has 0 radical (unpaired) electrons. The Kier molecular flexibility index (Phi) is 3.60. The Morgan fingerprint density at radius 3 is 2.56 bits per heavy atom. The van der Waals surface area contributed by atoms with E-state index in [1.807, 2.05) is 18.2 Å². The van der Waals surface area contributed by atoms with Crippen LogP contribution in [0, 0.1) is 5.92 Å². The van der Waals surface area contributed by atoms with Gasteiger partial charge < -0.3 is 4.74 Å². The van der Waals surface area contributed by atoms with E-state index in [1.54, 1.807) is 0 Å². The van der Waals surface area contributed by atoms with Gasteiger partial charge in [-0.1, -0.05) is 43.2 Å². The molecule has 0 N–H and O–H groups in total. The number of hydrogen-bond acceptors (Lipinski definition) is 2. The third kappa shape index (κ3) is 2.26. The van der Waals surface area contributed by atoms with Crippen LogP contribution in [0.25, 0.3) is 0 Å². The van der Waals surface area contributed by atoms with E-state index in [0.29, 0.717) is 5.92 Å². The van der Waals surface area contributed by atoms with Gasteiger partial charge in [0.05, 0.1) is 13.0 Å². The van der Waals surface area contributed by atoms with Crippen molar-refractivity contribution < 1.29 is 9.53 Å². The number of rotatable bonds is 2. The first-order valence-electron chi connectivity index (χ1n) is 5.95. The maximum Gasteiger partial charge on any atom is 0.309 e. The van der Waals surface area contributed by atoms with Crippen molar-refractivity contribution in [2.45, 2.75) is 31.6 Å². The summed E-state index contributed by atoms with van der Waals surface area (Å²) in [5.41, 5.74) is 1.28. The van der Waals surface area contributed by atoms with Crippen molar-refractivity contribution in [3.8, 4) is 0 Å². The summed E-state index contributed by atoms with van der Waals surface area (Å²) in [6.45, 7) is 0. The summed E-state index contributed by atoms with van der Waals surface area (Å²) in [7, 11) is 1.49. The van der Waals surface area contributed by atoms with Crippen molar-refractivity contribution in [1.29, 1.82) is 0 Å². The number of hydrogen-bond donors (Lipinski definition) is 0. The van der Waals surface area contributed by atoms with E-state index in [4.69, 9.17) is 4.74 Å². The van der Waals surface area contributed by atoms with Crippen molar-refractivity contribution in [3.05, 3.63) is 35.9 Å². The van der Waals surface area contributed by atoms with Crippen LogP contribution in [0.3, 0.4) is 0 Å². The zero-order valence-corrected chi connectivity index (χ0v) is 9.69. The third-order valence-corrected chi connectivity index (χ3v) is 3.50. The van der Waals surface area contributed by atoms with Gasteiger partial charge in [0.2, 0.25) is 0 Å². The van der Waals surface area contributed by atoms with Crippen LogP contribution in [0.5, 0.6) is 0 Å². The number of ether oxygens (including phenoxy) is 1. The topological polar surface area (TPSA) is 26.3 Å². The molecule has 1 aromatic carbocycles. The van der Waals surface area contributed by atoms with Crippen molar-refractivity contribution >= 4 is 5.97 Å². The summed E-state index contributed by atoms with van der Waals surface area (Å²) >= 11 is 0. The number of benzene rings is 1. The molecule has 0 unspecified atom stereocenters. The molecular formula is C14H18O2. The Hall–Kier alpha value is -1.31. The molecule has 1 saturated carbocycles. The minimum atomic E-state index is -0.0476. The van der Waals surface area contributed by atoms with Crippen LogP contribution in [-0.2, 0) is 9.53 Å². The number of esters is 1. The maximum absolute atomic E-state index is 11.7. The zero-order valence-electron chi connectivity index (χ0n) is 9.69. The lowest BCUT2D eigenvalue weighted by atomic mass is 9.75. The van der Waals surface area contributed by atoms with Gasteiger partial charge in [-0.2, -0.15) is 0 Å². The first-order valence-corrected chi connectivity index (χ1v) is 5.95. The first-order chi connectivity index (χ1) is 7.83. The molecule has 1 aromatic rings. The monoisotopic (exact) mass is 218 g/mol. The first kappa shape index (κ1) is 11.2. The van der Waals surface area contributed by atoms with Crippen molar-refractivity contribution in [1.82, 2.24) is 0 Å². The summed E-state index contributed by atoms with van der Waals surface area (Å²) in [5, 5.41) is 0. The Morgan fingerprint density at radius 2 is 1.88 bits per heavy atom. The van der Waals surface area contributed by atoms with E-state index >= 15 is 0 Å². The van der Waals surface area contributed by atoms with Gasteiger partial charge in [0.15, 0.2) is 0 Å². The summed E-state index contributed by atoms with van der Waals surface area (Å²) < 4.78 is 4.90. The van der Waals surface area contributed by atoms with Crippen molar-refractivity contribution in [3.63, 3.8) is 0 Å². The lowest BCUT2D eigenvalue weighted by Crippen LogP contribution is -2.26. The standard InChI is InChI=1S/C14H18O2/c1-16-14(15)13-10-6-5-9-12(13)11-7-3-2-4-8-11/h2-4,7-8,12-13H,5-6,9-10H2,1H3/t12-,13+/m0/s1. The molecular weight excluding hydrogens is 200 g/mol. The van der Waals surface area contributed by atoms with Crippen LogP contribution in [0.4, 0.5) is 0 Å². The second-order valence-corrected chi connectivity index (χ2v) is 4.43. The van der Waals surface area contributed by atoms with Crippen LogP contribution in [0.15, 0.2) is 30.3 Å².